The Kier molecular flexibility index (Phi) is 4.46. The van der Waals surface area contributed by atoms with Crippen LogP contribution in [0, 0.1) is 0 Å². The third-order valence-electron chi connectivity index (χ3n) is 5.28. The minimum atomic E-state index is -1.14. The number of nitrogens with one attached hydrogen (secondary N) is 1. The number of aliphatic hydroxyl groups is 1. The van der Waals surface area contributed by atoms with E-state index < -0.39 is 6.10 Å². The fraction of sp³-hybridized carbons (Fsp3) is 0.450. The summed E-state index contributed by atoms with van der Waals surface area (Å²) in [7, 11) is 0. The van der Waals surface area contributed by atoms with Crippen molar-refractivity contribution < 1.29 is 14.6 Å². The Morgan fingerprint density at radius 1 is 1.24 bits per heavy atom. The molecule has 132 valence electrons. The molecule has 0 spiro atoms. The highest BCUT2D eigenvalue weighted by Crippen LogP contribution is 2.25. The third kappa shape index (κ3) is 3.40. The predicted molar refractivity (Wildman–Crippen MR) is 96.2 cm³/mol. The molecule has 5 heteroatoms. The summed E-state index contributed by atoms with van der Waals surface area (Å²) in [6.45, 7) is 4.53. The summed E-state index contributed by atoms with van der Waals surface area (Å²) in [6.07, 6.45) is -0.0191. The number of carbonyl (C=O) groups excluding carboxylic acids is 1. The molecule has 25 heavy (non-hydrogen) atoms. The average Bonchev–Trinajstić information content (AvgIpc) is 3.01. The Bertz CT molecular complexity index is 778. The van der Waals surface area contributed by atoms with Crippen LogP contribution in [0.2, 0.25) is 0 Å². The lowest BCUT2D eigenvalue weighted by Crippen LogP contribution is -2.45. The Balaban J connectivity index is 1.42. The molecule has 2 heterocycles. The van der Waals surface area contributed by atoms with Crippen LogP contribution in [-0.4, -0.2) is 53.8 Å². The number of ether oxygens (including phenoxy) is 1. The van der Waals surface area contributed by atoms with Crippen LogP contribution in [0.3, 0.4) is 0 Å². The molecule has 1 amide bonds. The third-order valence-corrected chi connectivity index (χ3v) is 5.28. The number of morpholine rings is 1. The van der Waals surface area contributed by atoms with E-state index in [0.29, 0.717) is 11.6 Å². The Morgan fingerprint density at radius 3 is 2.88 bits per heavy atom. The van der Waals surface area contributed by atoms with Gasteiger partial charge in [0.1, 0.15) is 0 Å². The maximum absolute atomic E-state index is 12.5. The van der Waals surface area contributed by atoms with Crippen molar-refractivity contribution in [1.29, 1.82) is 0 Å². The molecule has 0 radical (unpaired) electrons. The van der Waals surface area contributed by atoms with E-state index in [0.717, 1.165) is 36.9 Å². The molecule has 2 aromatic rings. The number of hydrogen-bond acceptors (Lipinski definition) is 4. The van der Waals surface area contributed by atoms with Gasteiger partial charge in [0.15, 0.2) is 6.10 Å². The minimum Gasteiger partial charge on any atom is -0.378 e. The van der Waals surface area contributed by atoms with Crippen LogP contribution in [0.4, 0.5) is 0 Å². The van der Waals surface area contributed by atoms with Crippen molar-refractivity contribution in [2.45, 2.75) is 37.6 Å². The number of carbonyl (C=O) groups is 1. The molecule has 4 atom stereocenters. The van der Waals surface area contributed by atoms with Crippen molar-refractivity contribution in [2.75, 3.05) is 19.7 Å². The number of amides is 1. The second kappa shape index (κ2) is 6.75. The van der Waals surface area contributed by atoms with E-state index in [1.807, 2.05) is 42.5 Å². The molecule has 2 aromatic carbocycles. The molecule has 2 N–H and O–H groups in total. The summed E-state index contributed by atoms with van der Waals surface area (Å²) in [6, 6.07) is 14.0. The van der Waals surface area contributed by atoms with E-state index in [-0.39, 0.29) is 18.1 Å². The Hall–Kier alpha value is -1.95. The van der Waals surface area contributed by atoms with Crippen molar-refractivity contribution in [2.24, 2.45) is 0 Å². The van der Waals surface area contributed by atoms with E-state index in [1.165, 1.54) is 0 Å². The molecule has 0 aromatic heterocycles. The Labute approximate surface area is 147 Å². The first-order chi connectivity index (χ1) is 12.1. The Morgan fingerprint density at radius 2 is 2.04 bits per heavy atom. The topological polar surface area (TPSA) is 61.8 Å². The first kappa shape index (κ1) is 16.5. The van der Waals surface area contributed by atoms with Gasteiger partial charge in [0.2, 0.25) is 0 Å². The molecule has 0 unspecified atom stereocenters. The van der Waals surface area contributed by atoms with Gasteiger partial charge in [-0.15, -0.1) is 0 Å². The van der Waals surface area contributed by atoms with Crippen molar-refractivity contribution in [3.05, 3.63) is 48.0 Å². The van der Waals surface area contributed by atoms with Gasteiger partial charge in [0, 0.05) is 25.2 Å². The summed E-state index contributed by atoms with van der Waals surface area (Å²) in [4.78, 5) is 14.9. The molecule has 0 bridgehead atoms. The standard InChI is InChI=1S/C20H24N2O3/c1-13-10-22-11-17(9-18(22)12-25-13)21-20(24)19(23)16-7-6-14-4-2-3-5-15(14)8-16/h2-8,13,17-19,23H,9-12H2,1H3,(H,21,24)/t13-,17+,18+,19-/m1/s1. The van der Waals surface area contributed by atoms with Gasteiger partial charge in [-0.3, -0.25) is 9.69 Å². The van der Waals surface area contributed by atoms with E-state index in [4.69, 9.17) is 4.74 Å². The summed E-state index contributed by atoms with van der Waals surface area (Å²) >= 11 is 0. The second-order valence-electron chi connectivity index (χ2n) is 7.20. The van der Waals surface area contributed by atoms with Crippen LogP contribution >= 0.6 is 0 Å². The molecule has 2 saturated heterocycles. The van der Waals surface area contributed by atoms with Crippen molar-refractivity contribution in [3.63, 3.8) is 0 Å². The highest BCUT2D eigenvalue weighted by Gasteiger charge is 2.37. The molecule has 0 aliphatic carbocycles. The SMILES string of the molecule is C[C@@H]1CN2C[C@@H](NC(=O)[C@H](O)c3ccc4ccccc4c3)C[C@H]2CO1. The fourth-order valence-corrected chi connectivity index (χ4v) is 3.95. The van der Waals surface area contributed by atoms with Crippen LogP contribution in [-0.2, 0) is 9.53 Å². The second-order valence-corrected chi connectivity index (χ2v) is 7.20. The molecule has 2 aliphatic heterocycles. The van der Waals surface area contributed by atoms with E-state index in [9.17, 15) is 9.90 Å². The van der Waals surface area contributed by atoms with Gasteiger partial charge in [-0.05, 0) is 35.7 Å². The first-order valence-corrected chi connectivity index (χ1v) is 8.93. The molecule has 2 fully saturated rings. The van der Waals surface area contributed by atoms with Gasteiger partial charge >= 0.3 is 0 Å². The van der Waals surface area contributed by atoms with E-state index in [1.54, 1.807) is 0 Å². The smallest absolute Gasteiger partial charge is 0.253 e. The van der Waals surface area contributed by atoms with Crippen LogP contribution in [0.5, 0.6) is 0 Å². The lowest BCUT2D eigenvalue weighted by atomic mass is 10.0. The van der Waals surface area contributed by atoms with Crippen LogP contribution in [0.1, 0.15) is 25.0 Å². The highest BCUT2D eigenvalue weighted by atomic mass is 16.5. The van der Waals surface area contributed by atoms with Gasteiger partial charge in [0.25, 0.3) is 5.91 Å². The van der Waals surface area contributed by atoms with E-state index in [2.05, 4.69) is 17.1 Å². The van der Waals surface area contributed by atoms with Gasteiger partial charge in [0.05, 0.1) is 12.7 Å². The monoisotopic (exact) mass is 340 g/mol. The summed E-state index contributed by atoms with van der Waals surface area (Å²) < 4.78 is 5.70. The zero-order valence-corrected chi connectivity index (χ0v) is 14.4. The van der Waals surface area contributed by atoms with Gasteiger partial charge in [-0.25, -0.2) is 0 Å². The van der Waals surface area contributed by atoms with Gasteiger partial charge in [-0.2, -0.15) is 0 Å². The van der Waals surface area contributed by atoms with Crippen molar-refractivity contribution >= 4 is 16.7 Å². The lowest BCUT2D eigenvalue weighted by molar-refractivity contribution is -0.130. The highest BCUT2D eigenvalue weighted by molar-refractivity contribution is 5.87. The number of nitrogens with zero attached hydrogens (tertiary/aromatic N) is 1. The fourth-order valence-electron chi connectivity index (χ4n) is 3.95. The summed E-state index contributed by atoms with van der Waals surface area (Å²) in [5, 5.41) is 15.6. The van der Waals surface area contributed by atoms with Crippen LogP contribution < -0.4 is 5.32 Å². The van der Waals surface area contributed by atoms with Gasteiger partial charge in [-0.1, -0.05) is 36.4 Å². The minimum absolute atomic E-state index is 0.0708. The number of fused-ring (bicyclic) bond motifs is 2. The molecular formula is C20H24N2O3. The number of benzene rings is 2. The molecular weight excluding hydrogens is 316 g/mol. The van der Waals surface area contributed by atoms with E-state index >= 15 is 0 Å². The van der Waals surface area contributed by atoms with Crippen molar-refractivity contribution in [3.8, 4) is 0 Å². The number of aliphatic hydroxyl groups excluding tert-OH is 1. The largest absolute Gasteiger partial charge is 0.378 e. The first-order valence-electron chi connectivity index (χ1n) is 8.93. The van der Waals surface area contributed by atoms with Gasteiger partial charge < -0.3 is 15.2 Å². The lowest BCUT2D eigenvalue weighted by Gasteiger charge is -2.33. The zero-order chi connectivity index (χ0) is 17.4. The number of hydrogen-bond donors (Lipinski definition) is 2. The predicted octanol–water partition coefficient (Wildman–Crippen LogP) is 1.85. The normalized spacial score (nSPS) is 27.8. The average molecular weight is 340 g/mol. The molecule has 0 saturated carbocycles. The quantitative estimate of drug-likeness (QED) is 0.895. The molecule has 4 rings (SSSR count). The number of rotatable bonds is 3. The summed E-state index contributed by atoms with van der Waals surface area (Å²) in [5.41, 5.74) is 0.629. The summed E-state index contributed by atoms with van der Waals surface area (Å²) in [5.74, 6) is -0.325. The maximum Gasteiger partial charge on any atom is 0.253 e. The maximum atomic E-state index is 12.5. The van der Waals surface area contributed by atoms with Crippen molar-refractivity contribution in [1.82, 2.24) is 10.2 Å². The molecule has 5 nitrogen and oxygen atoms in total. The van der Waals surface area contributed by atoms with Crippen LogP contribution in [0.25, 0.3) is 10.8 Å². The molecule has 2 aliphatic rings. The zero-order valence-electron chi connectivity index (χ0n) is 14.4. The van der Waals surface area contributed by atoms with Crippen LogP contribution in [0.15, 0.2) is 42.5 Å².